The van der Waals surface area contributed by atoms with Crippen molar-refractivity contribution >= 4 is 27.3 Å². The largest absolute Gasteiger partial charge is 0.378 e. The molecule has 0 aromatic heterocycles. The first-order valence-electron chi connectivity index (χ1n) is 10.8. The molecule has 7 nitrogen and oxygen atoms in total. The van der Waals surface area contributed by atoms with E-state index in [9.17, 15) is 13.2 Å². The Bertz CT molecular complexity index is 1210. The number of hydrogen-bond acceptors (Lipinski definition) is 5. The molecule has 1 atom stereocenters. The van der Waals surface area contributed by atoms with E-state index in [0.29, 0.717) is 18.9 Å². The predicted molar refractivity (Wildman–Crippen MR) is 129 cm³/mol. The normalized spacial score (nSPS) is 15.1. The van der Waals surface area contributed by atoms with Crippen molar-refractivity contribution in [2.45, 2.75) is 17.9 Å². The van der Waals surface area contributed by atoms with Crippen LogP contribution in [0.2, 0.25) is 0 Å². The Labute approximate surface area is 194 Å². The van der Waals surface area contributed by atoms with Crippen LogP contribution in [0.25, 0.3) is 0 Å². The molecule has 3 aromatic carbocycles. The Hall–Kier alpha value is -3.20. The number of rotatable bonds is 7. The van der Waals surface area contributed by atoms with E-state index in [1.54, 1.807) is 19.1 Å². The first-order valence-corrected chi connectivity index (χ1v) is 12.3. The third-order valence-corrected chi connectivity index (χ3v) is 7.08. The molecular weight excluding hydrogens is 438 g/mol. The zero-order valence-corrected chi connectivity index (χ0v) is 19.2. The quantitative estimate of drug-likeness (QED) is 0.554. The van der Waals surface area contributed by atoms with E-state index >= 15 is 0 Å². The number of carbonyl (C=O) groups excluding carboxylic acids is 1. The first-order chi connectivity index (χ1) is 15.9. The van der Waals surface area contributed by atoms with Gasteiger partial charge in [-0.25, -0.2) is 13.1 Å². The summed E-state index contributed by atoms with van der Waals surface area (Å²) in [5.74, 6) is -0.371. The molecule has 0 unspecified atom stereocenters. The van der Waals surface area contributed by atoms with Crippen LogP contribution in [0.5, 0.6) is 0 Å². The van der Waals surface area contributed by atoms with E-state index in [0.717, 1.165) is 24.3 Å². The van der Waals surface area contributed by atoms with Gasteiger partial charge >= 0.3 is 0 Å². The highest BCUT2D eigenvalue weighted by molar-refractivity contribution is 7.89. The van der Waals surface area contributed by atoms with Crippen LogP contribution in [0.4, 0.5) is 11.4 Å². The molecule has 1 aliphatic heterocycles. The van der Waals surface area contributed by atoms with Gasteiger partial charge in [-0.1, -0.05) is 48.5 Å². The van der Waals surface area contributed by atoms with E-state index in [4.69, 9.17) is 4.74 Å². The van der Waals surface area contributed by atoms with Gasteiger partial charge in [0, 0.05) is 24.7 Å². The summed E-state index contributed by atoms with van der Waals surface area (Å²) in [4.78, 5) is 15.2. The van der Waals surface area contributed by atoms with Crippen molar-refractivity contribution in [3.63, 3.8) is 0 Å². The van der Waals surface area contributed by atoms with E-state index in [1.165, 1.54) is 12.1 Å². The summed E-state index contributed by atoms with van der Waals surface area (Å²) in [6.45, 7) is 4.54. The number of nitrogens with zero attached hydrogens (tertiary/aromatic N) is 1. The number of amides is 1. The second-order valence-corrected chi connectivity index (χ2v) is 9.57. The lowest BCUT2D eigenvalue weighted by Gasteiger charge is -2.30. The first kappa shape index (κ1) is 23.0. The smallest absolute Gasteiger partial charge is 0.255 e. The number of nitrogens with one attached hydrogen (secondary N) is 2. The fourth-order valence-corrected chi connectivity index (χ4v) is 5.05. The van der Waals surface area contributed by atoms with E-state index in [1.807, 2.05) is 54.6 Å². The molecule has 4 rings (SSSR count). The highest BCUT2D eigenvalue weighted by Gasteiger charge is 2.21. The lowest BCUT2D eigenvalue weighted by molar-refractivity contribution is 0.102. The molecule has 2 N–H and O–H groups in total. The molecule has 1 amide bonds. The third-order valence-electron chi connectivity index (χ3n) is 5.54. The second-order valence-electron chi connectivity index (χ2n) is 7.85. The number of morpholine rings is 1. The number of hydrogen-bond donors (Lipinski definition) is 2. The summed E-state index contributed by atoms with van der Waals surface area (Å²) in [6.07, 6.45) is 0. The molecule has 1 saturated heterocycles. The van der Waals surface area contributed by atoms with Crippen molar-refractivity contribution in [3.05, 3.63) is 90.0 Å². The molecule has 0 saturated carbocycles. The molecule has 1 aliphatic rings. The Morgan fingerprint density at radius 1 is 0.939 bits per heavy atom. The molecule has 1 fully saturated rings. The SMILES string of the molecule is C[C@H](NS(=O)(=O)c1cccc(C(=O)Nc2ccccc2N2CCOCC2)c1)c1ccccc1. The molecule has 0 aliphatic carbocycles. The topological polar surface area (TPSA) is 87.7 Å². The fraction of sp³-hybridized carbons (Fsp3) is 0.240. The molecule has 0 spiro atoms. The second kappa shape index (κ2) is 10.2. The van der Waals surface area contributed by atoms with Gasteiger partial charge in [0.25, 0.3) is 5.91 Å². The number of carbonyl (C=O) groups is 1. The van der Waals surface area contributed by atoms with Crippen LogP contribution in [-0.4, -0.2) is 40.6 Å². The lowest BCUT2D eigenvalue weighted by Crippen LogP contribution is -2.36. The van der Waals surface area contributed by atoms with Crippen LogP contribution in [0.1, 0.15) is 28.9 Å². The third kappa shape index (κ3) is 5.60. The minimum Gasteiger partial charge on any atom is -0.378 e. The van der Waals surface area contributed by atoms with E-state index in [-0.39, 0.29) is 16.4 Å². The van der Waals surface area contributed by atoms with E-state index in [2.05, 4.69) is 14.9 Å². The van der Waals surface area contributed by atoms with Crippen molar-refractivity contribution in [1.82, 2.24) is 4.72 Å². The van der Waals surface area contributed by atoms with Gasteiger partial charge in [0.2, 0.25) is 10.0 Å². The summed E-state index contributed by atoms with van der Waals surface area (Å²) in [5.41, 5.74) is 2.71. The summed E-state index contributed by atoms with van der Waals surface area (Å²) in [7, 11) is -3.81. The van der Waals surface area contributed by atoms with Crippen molar-refractivity contribution in [1.29, 1.82) is 0 Å². The summed E-state index contributed by atoms with van der Waals surface area (Å²) < 4.78 is 34.0. The maximum Gasteiger partial charge on any atom is 0.255 e. The van der Waals surface area contributed by atoms with Crippen LogP contribution in [0.15, 0.2) is 83.8 Å². The summed E-state index contributed by atoms with van der Waals surface area (Å²) in [6, 6.07) is 22.6. The van der Waals surface area contributed by atoms with Crippen LogP contribution < -0.4 is 14.9 Å². The average Bonchev–Trinajstić information content (AvgIpc) is 2.85. The Morgan fingerprint density at radius 3 is 2.39 bits per heavy atom. The predicted octanol–water partition coefficient (Wildman–Crippen LogP) is 3.82. The van der Waals surface area contributed by atoms with Crippen molar-refractivity contribution in [2.24, 2.45) is 0 Å². The number of para-hydroxylation sites is 2. The van der Waals surface area contributed by atoms with Gasteiger partial charge in [0.05, 0.1) is 29.5 Å². The van der Waals surface area contributed by atoms with Gasteiger partial charge < -0.3 is 15.0 Å². The van der Waals surface area contributed by atoms with Crippen LogP contribution >= 0.6 is 0 Å². The molecule has 0 bridgehead atoms. The van der Waals surface area contributed by atoms with Crippen molar-refractivity contribution < 1.29 is 17.9 Å². The summed E-state index contributed by atoms with van der Waals surface area (Å²) >= 11 is 0. The van der Waals surface area contributed by atoms with Gasteiger partial charge in [0.1, 0.15) is 0 Å². The van der Waals surface area contributed by atoms with Crippen molar-refractivity contribution in [2.75, 3.05) is 36.5 Å². The van der Waals surface area contributed by atoms with Crippen molar-refractivity contribution in [3.8, 4) is 0 Å². The maximum absolute atomic E-state index is 13.0. The number of ether oxygens (including phenoxy) is 1. The van der Waals surface area contributed by atoms with Gasteiger partial charge in [-0.05, 0) is 42.8 Å². The average molecular weight is 466 g/mol. The van der Waals surface area contributed by atoms with Gasteiger partial charge in [-0.15, -0.1) is 0 Å². The number of anilines is 2. The Kier molecular flexibility index (Phi) is 7.08. The van der Waals surface area contributed by atoms with Gasteiger partial charge in [-0.2, -0.15) is 0 Å². The highest BCUT2D eigenvalue weighted by Crippen LogP contribution is 2.27. The number of sulfonamides is 1. The van der Waals surface area contributed by atoms with Crippen LogP contribution in [0.3, 0.4) is 0 Å². The fourth-order valence-electron chi connectivity index (χ4n) is 3.77. The molecular formula is C25H27N3O4S. The zero-order chi connectivity index (χ0) is 23.3. The standard InChI is InChI=1S/C25H27N3O4S/c1-19(20-8-3-2-4-9-20)27-33(30,31)22-11-7-10-21(18-22)25(29)26-23-12-5-6-13-24(23)28-14-16-32-17-15-28/h2-13,18-19,27H,14-17H2,1H3,(H,26,29)/t19-/m0/s1. The van der Waals surface area contributed by atoms with Gasteiger partial charge in [0.15, 0.2) is 0 Å². The van der Waals surface area contributed by atoms with Crippen LogP contribution in [-0.2, 0) is 14.8 Å². The highest BCUT2D eigenvalue weighted by atomic mass is 32.2. The van der Waals surface area contributed by atoms with E-state index < -0.39 is 16.1 Å². The molecule has 3 aromatic rings. The molecule has 33 heavy (non-hydrogen) atoms. The number of benzene rings is 3. The zero-order valence-electron chi connectivity index (χ0n) is 18.4. The minimum absolute atomic E-state index is 0.0411. The Morgan fingerprint density at radius 2 is 1.64 bits per heavy atom. The maximum atomic E-state index is 13.0. The molecule has 8 heteroatoms. The minimum atomic E-state index is -3.81. The van der Waals surface area contributed by atoms with Gasteiger partial charge in [-0.3, -0.25) is 4.79 Å². The lowest BCUT2D eigenvalue weighted by atomic mass is 10.1. The Balaban J connectivity index is 1.52. The molecule has 0 radical (unpaired) electrons. The van der Waals surface area contributed by atoms with Crippen LogP contribution in [0, 0.1) is 0 Å². The summed E-state index contributed by atoms with van der Waals surface area (Å²) in [5, 5.41) is 2.93. The molecule has 172 valence electrons. The molecule has 1 heterocycles. The monoisotopic (exact) mass is 465 g/mol.